The summed E-state index contributed by atoms with van der Waals surface area (Å²) in [6.45, 7) is 3.01. The number of anilines is 1. The van der Waals surface area contributed by atoms with E-state index in [2.05, 4.69) is 17.6 Å². The Bertz CT molecular complexity index is 830. The van der Waals surface area contributed by atoms with Gasteiger partial charge in [0.25, 0.3) is 11.8 Å². The van der Waals surface area contributed by atoms with Crippen LogP contribution in [0.4, 0.5) is 10.5 Å². The number of amides is 4. The largest absolute Gasteiger partial charge is 0.497 e. The van der Waals surface area contributed by atoms with Crippen molar-refractivity contribution in [3.8, 4) is 5.75 Å². The van der Waals surface area contributed by atoms with E-state index in [1.54, 1.807) is 24.3 Å². The minimum atomic E-state index is -1.09. The van der Waals surface area contributed by atoms with Crippen molar-refractivity contribution in [1.29, 1.82) is 0 Å². The van der Waals surface area contributed by atoms with Crippen molar-refractivity contribution in [2.45, 2.75) is 51.2 Å². The second kappa shape index (κ2) is 8.73. The van der Waals surface area contributed by atoms with Gasteiger partial charge < -0.3 is 20.1 Å². The Labute approximate surface area is 175 Å². The molecule has 0 aromatic heterocycles. The van der Waals surface area contributed by atoms with Gasteiger partial charge in [-0.05, 0) is 62.8 Å². The number of esters is 1. The average Bonchev–Trinajstić information content (AvgIpc) is 2.95. The van der Waals surface area contributed by atoms with Crippen LogP contribution in [0.5, 0.6) is 5.75 Å². The maximum Gasteiger partial charge on any atom is 0.327 e. The predicted molar refractivity (Wildman–Crippen MR) is 108 cm³/mol. The number of carbonyl (C=O) groups excluding carboxylic acids is 4. The van der Waals surface area contributed by atoms with Gasteiger partial charge in [-0.15, -0.1) is 0 Å². The minimum absolute atomic E-state index is 0.397. The van der Waals surface area contributed by atoms with Gasteiger partial charge in [0.1, 0.15) is 17.8 Å². The number of ether oxygens (including phenoxy) is 2. The molecule has 1 saturated heterocycles. The van der Waals surface area contributed by atoms with Gasteiger partial charge in [-0.25, -0.2) is 4.79 Å². The van der Waals surface area contributed by atoms with E-state index in [1.807, 2.05) is 0 Å². The molecule has 0 radical (unpaired) electrons. The maximum absolute atomic E-state index is 12.8. The van der Waals surface area contributed by atoms with E-state index in [0.717, 1.165) is 17.7 Å². The van der Waals surface area contributed by atoms with E-state index in [9.17, 15) is 19.2 Å². The summed E-state index contributed by atoms with van der Waals surface area (Å²) < 4.78 is 10.2. The highest BCUT2D eigenvalue weighted by Gasteiger charge is 2.52. The molecule has 9 nitrogen and oxygen atoms in total. The zero-order valence-corrected chi connectivity index (χ0v) is 17.4. The number of carbonyl (C=O) groups is 4. The zero-order valence-electron chi connectivity index (χ0n) is 17.4. The fraction of sp³-hybridized carbons (Fsp3) is 0.524. The number of rotatable bonds is 6. The first-order valence-electron chi connectivity index (χ1n) is 10.0. The molecule has 2 N–H and O–H groups in total. The van der Waals surface area contributed by atoms with Crippen molar-refractivity contribution in [1.82, 2.24) is 10.2 Å². The quantitative estimate of drug-likeness (QED) is 0.541. The molecular weight excluding hydrogens is 390 g/mol. The molecular formula is C21H27N3O6. The van der Waals surface area contributed by atoms with Crippen LogP contribution in [0.3, 0.4) is 0 Å². The fourth-order valence-corrected chi connectivity index (χ4v) is 3.75. The number of nitrogens with one attached hydrogen (secondary N) is 2. The molecule has 2 fully saturated rings. The first-order chi connectivity index (χ1) is 14.2. The Morgan fingerprint density at radius 3 is 2.47 bits per heavy atom. The lowest BCUT2D eigenvalue weighted by atomic mass is 9.77. The first-order valence-corrected chi connectivity index (χ1v) is 10.0. The Morgan fingerprint density at radius 1 is 1.23 bits per heavy atom. The molecule has 4 amide bonds. The average molecular weight is 417 g/mol. The van der Waals surface area contributed by atoms with Crippen LogP contribution >= 0.6 is 0 Å². The van der Waals surface area contributed by atoms with Gasteiger partial charge in [0.2, 0.25) is 0 Å². The molecule has 1 aliphatic heterocycles. The third-order valence-electron chi connectivity index (χ3n) is 5.70. The predicted octanol–water partition coefficient (Wildman–Crippen LogP) is 2.07. The zero-order chi connectivity index (χ0) is 21.9. The Kier molecular flexibility index (Phi) is 6.28. The van der Waals surface area contributed by atoms with Gasteiger partial charge in [0.05, 0.1) is 7.11 Å². The molecule has 1 spiro atoms. The highest BCUT2D eigenvalue weighted by atomic mass is 16.5. The summed E-state index contributed by atoms with van der Waals surface area (Å²) in [5.41, 5.74) is -0.396. The van der Waals surface area contributed by atoms with Crippen LogP contribution in [0.1, 0.15) is 39.5 Å². The highest BCUT2D eigenvalue weighted by Crippen LogP contribution is 2.36. The van der Waals surface area contributed by atoms with Crippen molar-refractivity contribution in [3.63, 3.8) is 0 Å². The number of imide groups is 1. The maximum atomic E-state index is 12.8. The number of benzene rings is 1. The molecule has 1 aromatic carbocycles. The van der Waals surface area contributed by atoms with E-state index in [1.165, 1.54) is 14.0 Å². The third kappa shape index (κ3) is 4.55. The standard InChI is InChI=1S/C21H27N3O6/c1-13-8-10-21(11-9-13)19(27)24(20(28)23-21)12-17(25)30-14(2)18(26)22-15-4-6-16(29-3)7-5-15/h4-7,13-14H,8-12H2,1-3H3,(H,22,26)(H,23,28)/t13?,14-,21?/m0/s1. The number of urea groups is 1. The fourth-order valence-electron chi connectivity index (χ4n) is 3.75. The monoisotopic (exact) mass is 417 g/mol. The normalized spacial score (nSPS) is 24.4. The first kappa shape index (κ1) is 21.6. The second-order valence-corrected chi connectivity index (χ2v) is 7.94. The summed E-state index contributed by atoms with van der Waals surface area (Å²) in [7, 11) is 1.54. The molecule has 1 heterocycles. The lowest BCUT2D eigenvalue weighted by Crippen LogP contribution is -2.49. The Balaban J connectivity index is 1.53. The van der Waals surface area contributed by atoms with Crippen LogP contribution in [0.15, 0.2) is 24.3 Å². The molecule has 1 atom stereocenters. The molecule has 3 rings (SSSR count). The third-order valence-corrected chi connectivity index (χ3v) is 5.70. The topological polar surface area (TPSA) is 114 Å². The molecule has 1 saturated carbocycles. The smallest absolute Gasteiger partial charge is 0.327 e. The van der Waals surface area contributed by atoms with Crippen molar-refractivity contribution < 1.29 is 28.7 Å². The Morgan fingerprint density at radius 2 is 1.87 bits per heavy atom. The van der Waals surface area contributed by atoms with Crippen LogP contribution in [0.2, 0.25) is 0 Å². The van der Waals surface area contributed by atoms with Gasteiger partial charge in [-0.3, -0.25) is 19.3 Å². The van der Waals surface area contributed by atoms with E-state index in [4.69, 9.17) is 9.47 Å². The van der Waals surface area contributed by atoms with Crippen LogP contribution in [0, 0.1) is 5.92 Å². The SMILES string of the molecule is COc1ccc(NC(=O)[C@H](C)OC(=O)CN2C(=O)NC3(CCC(C)CC3)C2=O)cc1. The van der Waals surface area contributed by atoms with E-state index in [-0.39, 0.29) is 0 Å². The summed E-state index contributed by atoms with van der Waals surface area (Å²) in [5.74, 6) is -0.595. The van der Waals surface area contributed by atoms with Gasteiger partial charge in [0.15, 0.2) is 6.10 Å². The molecule has 0 bridgehead atoms. The van der Waals surface area contributed by atoms with Crippen LogP contribution < -0.4 is 15.4 Å². The molecule has 2 aliphatic rings. The summed E-state index contributed by atoms with van der Waals surface area (Å²) in [4.78, 5) is 50.5. The van der Waals surface area contributed by atoms with Crippen molar-refractivity contribution in [2.75, 3.05) is 19.0 Å². The van der Waals surface area contributed by atoms with Crippen LogP contribution in [0.25, 0.3) is 0 Å². The Hall–Kier alpha value is -3.10. The van der Waals surface area contributed by atoms with Crippen LogP contribution in [-0.2, 0) is 19.1 Å². The number of hydrogen-bond acceptors (Lipinski definition) is 6. The minimum Gasteiger partial charge on any atom is -0.497 e. The van der Waals surface area contributed by atoms with Crippen molar-refractivity contribution in [3.05, 3.63) is 24.3 Å². The van der Waals surface area contributed by atoms with E-state index < -0.39 is 42.0 Å². The van der Waals surface area contributed by atoms with Gasteiger partial charge in [-0.1, -0.05) is 6.92 Å². The molecule has 9 heteroatoms. The molecule has 162 valence electrons. The van der Waals surface area contributed by atoms with Gasteiger partial charge >= 0.3 is 12.0 Å². The van der Waals surface area contributed by atoms with Crippen LogP contribution in [-0.4, -0.2) is 54.0 Å². The van der Waals surface area contributed by atoms with E-state index >= 15 is 0 Å². The van der Waals surface area contributed by atoms with Gasteiger partial charge in [0, 0.05) is 5.69 Å². The molecule has 30 heavy (non-hydrogen) atoms. The molecule has 1 aliphatic carbocycles. The molecule has 1 aromatic rings. The lowest BCUT2D eigenvalue weighted by molar-refractivity contribution is -0.155. The van der Waals surface area contributed by atoms with E-state index in [0.29, 0.717) is 30.2 Å². The summed E-state index contributed by atoms with van der Waals surface area (Å²) in [6, 6.07) is 6.09. The van der Waals surface area contributed by atoms with Crippen molar-refractivity contribution in [2.24, 2.45) is 5.92 Å². The number of nitrogens with zero attached hydrogens (tertiary/aromatic N) is 1. The number of hydrogen-bond donors (Lipinski definition) is 2. The lowest BCUT2D eigenvalue weighted by Gasteiger charge is -2.33. The summed E-state index contributed by atoms with van der Waals surface area (Å²) >= 11 is 0. The number of methoxy groups -OCH3 is 1. The van der Waals surface area contributed by atoms with Crippen molar-refractivity contribution >= 4 is 29.5 Å². The second-order valence-electron chi connectivity index (χ2n) is 7.94. The summed E-state index contributed by atoms with van der Waals surface area (Å²) in [5, 5.41) is 5.38. The summed E-state index contributed by atoms with van der Waals surface area (Å²) in [6.07, 6.45) is 1.71. The molecule has 0 unspecified atom stereocenters. The highest BCUT2D eigenvalue weighted by molar-refractivity contribution is 6.08. The van der Waals surface area contributed by atoms with Gasteiger partial charge in [-0.2, -0.15) is 0 Å².